The van der Waals surface area contributed by atoms with E-state index in [1.54, 1.807) is 13.8 Å². The van der Waals surface area contributed by atoms with Crippen LogP contribution in [-0.2, 0) is 10.0 Å². The first-order valence-electron chi connectivity index (χ1n) is 5.99. The predicted molar refractivity (Wildman–Crippen MR) is 61.0 cm³/mol. The van der Waals surface area contributed by atoms with E-state index in [1.807, 2.05) is 0 Å². The average Bonchev–Trinajstić information content (AvgIpc) is 2.99. The number of hydrogen-bond donors (Lipinski definition) is 1. The number of rotatable bonds is 6. The minimum Gasteiger partial charge on any atom is -0.215 e. The zero-order valence-corrected chi connectivity index (χ0v) is 10.4. The first-order chi connectivity index (χ1) is 7.00. The fourth-order valence-corrected chi connectivity index (χ4v) is 2.90. The molecule has 0 atom stereocenters. The second-order valence-electron chi connectivity index (χ2n) is 5.28. The SMILES string of the molecule is CC(C)S(=O)(=O)NCC(C1CC1)C1CC1. The highest BCUT2D eigenvalue weighted by Crippen LogP contribution is 2.48. The van der Waals surface area contributed by atoms with Gasteiger partial charge >= 0.3 is 0 Å². The van der Waals surface area contributed by atoms with Gasteiger partial charge in [-0.25, -0.2) is 13.1 Å². The van der Waals surface area contributed by atoms with Gasteiger partial charge in [0.15, 0.2) is 0 Å². The maximum Gasteiger partial charge on any atom is 0.213 e. The van der Waals surface area contributed by atoms with Gasteiger partial charge in [0, 0.05) is 6.54 Å². The van der Waals surface area contributed by atoms with Crippen LogP contribution in [0.4, 0.5) is 0 Å². The van der Waals surface area contributed by atoms with E-state index < -0.39 is 10.0 Å². The van der Waals surface area contributed by atoms with E-state index in [4.69, 9.17) is 0 Å². The molecule has 0 aromatic carbocycles. The summed E-state index contributed by atoms with van der Waals surface area (Å²) in [5.41, 5.74) is 0. The lowest BCUT2D eigenvalue weighted by molar-refractivity contribution is 0.401. The lowest BCUT2D eigenvalue weighted by Gasteiger charge is -2.17. The molecule has 88 valence electrons. The summed E-state index contributed by atoms with van der Waals surface area (Å²) in [4.78, 5) is 0. The predicted octanol–water partition coefficient (Wildman–Crippen LogP) is 1.75. The van der Waals surface area contributed by atoms with Gasteiger partial charge in [-0.2, -0.15) is 0 Å². The summed E-state index contributed by atoms with van der Waals surface area (Å²) in [5, 5.41) is -0.309. The molecular weight excluding hydrogens is 210 g/mol. The van der Waals surface area contributed by atoms with E-state index in [-0.39, 0.29) is 5.25 Å². The number of nitrogens with one attached hydrogen (secondary N) is 1. The Morgan fingerprint density at radius 3 is 1.93 bits per heavy atom. The van der Waals surface area contributed by atoms with Crippen molar-refractivity contribution >= 4 is 10.0 Å². The molecule has 4 heteroatoms. The first-order valence-corrected chi connectivity index (χ1v) is 7.54. The summed E-state index contributed by atoms with van der Waals surface area (Å²) in [6.45, 7) is 4.13. The molecule has 0 spiro atoms. The smallest absolute Gasteiger partial charge is 0.213 e. The Bertz CT molecular complexity index is 303. The fourth-order valence-electron chi connectivity index (χ4n) is 2.15. The normalized spacial score (nSPS) is 22.7. The summed E-state index contributed by atoms with van der Waals surface area (Å²) in [5.74, 6) is 2.25. The van der Waals surface area contributed by atoms with Crippen molar-refractivity contribution in [1.82, 2.24) is 4.72 Å². The monoisotopic (exact) mass is 231 g/mol. The van der Waals surface area contributed by atoms with Crippen LogP contribution in [0.3, 0.4) is 0 Å². The molecule has 2 saturated carbocycles. The van der Waals surface area contributed by atoms with E-state index >= 15 is 0 Å². The Kier molecular flexibility index (Phi) is 3.08. The third kappa shape index (κ3) is 2.94. The molecule has 0 heterocycles. The molecule has 1 N–H and O–H groups in total. The topological polar surface area (TPSA) is 46.2 Å². The Labute approximate surface area is 92.7 Å². The molecule has 0 radical (unpaired) electrons. The summed E-state index contributed by atoms with van der Waals surface area (Å²) >= 11 is 0. The van der Waals surface area contributed by atoms with Gasteiger partial charge in [-0.15, -0.1) is 0 Å². The molecule has 2 aliphatic carbocycles. The summed E-state index contributed by atoms with van der Waals surface area (Å²) < 4.78 is 26.0. The quantitative estimate of drug-likeness (QED) is 0.757. The van der Waals surface area contributed by atoms with Gasteiger partial charge in [-0.05, 0) is 57.3 Å². The maximum absolute atomic E-state index is 11.6. The van der Waals surface area contributed by atoms with E-state index in [0.717, 1.165) is 11.8 Å². The molecule has 2 fully saturated rings. The summed E-state index contributed by atoms with van der Waals surface area (Å²) in [6.07, 6.45) is 5.24. The van der Waals surface area contributed by atoms with Crippen molar-refractivity contribution in [3.05, 3.63) is 0 Å². The minimum absolute atomic E-state index is 0.309. The van der Waals surface area contributed by atoms with Crippen molar-refractivity contribution in [3.8, 4) is 0 Å². The van der Waals surface area contributed by atoms with Crippen LogP contribution in [0.5, 0.6) is 0 Å². The van der Waals surface area contributed by atoms with Crippen molar-refractivity contribution in [2.24, 2.45) is 17.8 Å². The molecular formula is C11H21NO2S. The summed E-state index contributed by atoms with van der Waals surface area (Å²) in [6, 6.07) is 0. The Morgan fingerprint density at radius 1 is 1.13 bits per heavy atom. The van der Waals surface area contributed by atoms with E-state index in [1.165, 1.54) is 25.7 Å². The van der Waals surface area contributed by atoms with E-state index in [2.05, 4.69) is 4.72 Å². The van der Waals surface area contributed by atoms with Crippen LogP contribution in [0.1, 0.15) is 39.5 Å². The molecule has 0 unspecified atom stereocenters. The van der Waals surface area contributed by atoms with Crippen LogP contribution in [0.15, 0.2) is 0 Å². The van der Waals surface area contributed by atoms with Crippen molar-refractivity contribution in [1.29, 1.82) is 0 Å². The van der Waals surface area contributed by atoms with Gasteiger partial charge < -0.3 is 0 Å². The molecule has 0 bridgehead atoms. The highest BCUT2D eigenvalue weighted by molar-refractivity contribution is 7.90. The number of hydrogen-bond acceptors (Lipinski definition) is 2. The molecule has 0 saturated heterocycles. The van der Waals surface area contributed by atoms with Crippen molar-refractivity contribution in [2.45, 2.75) is 44.8 Å². The zero-order chi connectivity index (χ0) is 11.1. The second-order valence-corrected chi connectivity index (χ2v) is 7.60. The van der Waals surface area contributed by atoms with Crippen LogP contribution < -0.4 is 4.72 Å². The van der Waals surface area contributed by atoms with Crippen molar-refractivity contribution < 1.29 is 8.42 Å². The van der Waals surface area contributed by atoms with Gasteiger partial charge in [0.25, 0.3) is 0 Å². The van der Waals surface area contributed by atoms with Gasteiger partial charge in [0.1, 0.15) is 0 Å². The van der Waals surface area contributed by atoms with E-state index in [0.29, 0.717) is 12.5 Å². The van der Waals surface area contributed by atoms with Crippen molar-refractivity contribution in [2.75, 3.05) is 6.54 Å². The highest BCUT2D eigenvalue weighted by atomic mass is 32.2. The molecule has 0 aromatic rings. The van der Waals surface area contributed by atoms with Crippen LogP contribution in [0, 0.1) is 17.8 Å². The molecule has 15 heavy (non-hydrogen) atoms. The van der Waals surface area contributed by atoms with Gasteiger partial charge in [-0.3, -0.25) is 0 Å². The van der Waals surface area contributed by atoms with Gasteiger partial charge in [0.05, 0.1) is 5.25 Å². The van der Waals surface area contributed by atoms with Crippen LogP contribution in [0.2, 0.25) is 0 Å². The minimum atomic E-state index is -3.05. The summed E-state index contributed by atoms with van der Waals surface area (Å²) in [7, 11) is -3.05. The number of sulfonamides is 1. The Balaban J connectivity index is 1.85. The molecule has 0 aromatic heterocycles. The van der Waals surface area contributed by atoms with Crippen LogP contribution in [-0.4, -0.2) is 20.2 Å². The molecule has 2 aliphatic rings. The van der Waals surface area contributed by atoms with Crippen LogP contribution >= 0.6 is 0 Å². The Hall–Kier alpha value is -0.0900. The zero-order valence-electron chi connectivity index (χ0n) is 9.57. The Morgan fingerprint density at radius 2 is 1.60 bits per heavy atom. The molecule has 0 amide bonds. The van der Waals surface area contributed by atoms with E-state index in [9.17, 15) is 8.42 Å². The van der Waals surface area contributed by atoms with Gasteiger partial charge in [0.2, 0.25) is 10.0 Å². The molecule has 3 nitrogen and oxygen atoms in total. The van der Waals surface area contributed by atoms with Gasteiger partial charge in [-0.1, -0.05) is 0 Å². The average molecular weight is 231 g/mol. The second kappa shape index (κ2) is 4.06. The highest BCUT2D eigenvalue weighted by Gasteiger charge is 2.41. The third-order valence-electron chi connectivity index (χ3n) is 3.60. The molecule has 2 rings (SSSR count). The first kappa shape index (κ1) is 11.4. The standard InChI is InChI=1S/C11H21NO2S/c1-8(2)15(13,14)12-7-11(9-3-4-9)10-5-6-10/h8-12H,3-7H2,1-2H3. The third-order valence-corrected chi connectivity index (χ3v) is 5.41. The van der Waals surface area contributed by atoms with Crippen molar-refractivity contribution in [3.63, 3.8) is 0 Å². The largest absolute Gasteiger partial charge is 0.215 e. The fraction of sp³-hybridized carbons (Fsp3) is 1.00. The lowest BCUT2D eigenvalue weighted by Crippen LogP contribution is -2.35. The van der Waals surface area contributed by atoms with Crippen LogP contribution in [0.25, 0.3) is 0 Å². The lowest BCUT2D eigenvalue weighted by atomic mass is 9.99. The molecule has 0 aliphatic heterocycles. The maximum atomic E-state index is 11.6.